The van der Waals surface area contributed by atoms with Crippen LogP contribution >= 0.6 is 21.4 Å². The van der Waals surface area contributed by atoms with Gasteiger partial charge in [-0.15, -0.1) is 0 Å². The lowest BCUT2D eigenvalue weighted by Crippen LogP contribution is -2.20. The molecular weight excluding hydrogens is 1840 g/mol. The Kier molecular flexibility index (Phi) is 20.7. The first kappa shape index (κ1) is 86.9. The Balaban J connectivity index is 0.000000107. The fraction of sp³-hybridized carbons (Fsp3) is 0. The second-order valence-corrected chi connectivity index (χ2v) is 46.3. The highest BCUT2D eigenvalue weighted by atomic mass is 31.2. The molecule has 0 fully saturated rings. The molecule has 11 heteroatoms. The molecule has 3 aliphatic rings. The highest BCUT2D eigenvalue weighted by Gasteiger charge is 2.46. The van der Waals surface area contributed by atoms with E-state index in [2.05, 4.69) is 424 Å². The maximum Gasteiger partial charge on any atom is 0.172 e. The van der Waals surface area contributed by atoms with E-state index in [-0.39, 0.29) is 0 Å². The van der Waals surface area contributed by atoms with Crippen LogP contribution in [0.3, 0.4) is 0 Å². The molecule has 5 aromatic heterocycles. The molecule has 0 saturated carbocycles. The number of pyridine rings is 2. The van der Waals surface area contributed by atoms with Crippen molar-refractivity contribution in [1.82, 2.24) is 23.7 Å². The van der Waals surface area contributed by atoms with Gasteiger partial charge < -0.3 is 27.4 Å². The van der Waals surface area contributed by atoms with Gasteiger partial charge in [0.2, 0.25) is 0 Å². The summed E-state index contributed by atoms with van der Waals surface area (Å²) in [6, 6.07) is 182. The van der Waals surface area contributed by atoms with Crippen LogP contribution in [-0.4, -0.2) is 23.7 Å². The second kappa shape index (κ2) is 35.0. The summed E-state index contributed by atoms with van der Waals surface area (Å²) in [6.45, 7) is 0. The molecule has 3 aliphatic heterocycles. The van der Waals surface area contributed by atoms with Gasteiger partial charge in [-0.05, 0) is 186 Å². The Morgan fingerprint density at radius 3 is 0.864 bits per heavy atom. The van der Waals surface area contributed by atoms with Crippen molar-refractivity contribution in [2.75, 3.05) is 0 Å². The van der Waals surface area contributed by atoms with E-state index >= 15 is 13.7 Å². The summed E-state index contributed by atoms with van der Waals surface area (Å²) < 4.78 is 53.1. The Morgan fingerprint density at radius 1 is 0.177 bits per heavy atom. The molecule has 27 aromatic rings. The van der Waals surface area contributed by atoms with E-state index < -0.39 is 21.4 Å². The molecule has 0 bridgehead atoms. The van der Waals surface area contributed by atoms with Crippen LogP contribution < -0.4 is 47.7 Å². The van der Waals surface area contributed by atoms with Gasteiger partial charge in [0.15, 0.2) is 21.4 Å². The molecular formula is C136H88N5O3P3. The first-order valence-electron chi connectivity index (χ1n) is 49.9. The summed E-state index contributed by atoms with van der Waals surface area (Å²) in [4.78, 5) is 9.19. The van der Waals surface area contributed by atoms with Gasteiger partial charge in [-0.1, -0.05) is 425 Å². The molecule has 0 amide bonds. The van der Waals surface area contributed by atoms with Crippen LogP contribution in [0, 0.1) is 0 Å². The highest BCUT2D eigenvalue weighted by Crippen LogP contribution is 2.59. The van der Waals surface area contributed by atoms with Crippen LogP contribution in [-0.2, 0) is 13.7 Å². The van der Waals surface area contributed by atoms with E-state index in [9.17, 15) is 0 Å². The van der Waals surface area contributed by atoms with Gasteiger partial charge in [-0.25, -0.2) is 0 Å². The van der Waals surface area contributed by atoms with E-state index in [0.717, 1.165) is 203 Å². The van der Waals surface area contributed by atoms with Gasteiger partial charge in [-0.2, -0.15) is 0 Å². The number of hydrogen-bond donors (Lipinski definition) is 0. The zero-order chi connectivity index (χ0) is 97.6. The minimum Gasteiger partial charge on any atom is -0.309 e. The summed E-state index contributed by atoms with van der Waals surface area (Å²) in [5.41, 5.74) is 32.3. The third-order valence-corrected chi connectivity index (χ3v) is 39.8. The molecule has 3 unspecified atom stereocenters. The molecule has 0 aliphatic carbocycles. The normalized spacial score (nSPS) is 15.1. The van der Waals surface area contributed by atoms with Crippen molar-refractivity contribution < 1.29 is 13.7 Å². The van der Waals surface area contributed by atoms with Gasteiger partial charge >= 0.3 is 0 Å². The molecule has 22 aromatic carbocycles. The average molecular weight is 1930 g/mol. The standard InChI is InChI=1S/C46H30NOP.2C45H29N2OP/c48-49(38-12-2-1-3-13-38)43-17-9-7-15-41(43)45-44(49)29-28-40-39-14-6-8-16-42(39)47(46(40)45)37-26-24-33(25-27-37)32-18-20-34(21-19-32)36-23-22-31-10-4-5-11-35(31)30-36;48-49(35-12-2-1-3-13-35)41-18-7-5-15-39(41)43-42(49)28-27-38-37-14-4-6-17-40(37)47(45(38)43)34-25-23-31(24-26-34)30-19-21-32(22-20-30)36-16-8-10-33-11-9-29-46-44(33)36;48-49(36-10-2-1-3-11-36)42-15-7-5-13-39(42)44-43(49)27-26-38-37-12-4-6-14-41(37)47(45(38)44)35-24-22-31(23-25-35)30-16-18-32(19-17-30)34-21-20-33-9-8-28-46-40(33)29-34/h1-30H;2*1-29H. The minimum atomic E-state index is -3.07. The molecule has 147 heavy (non-hydrogen) atoms. The molecule has 690 valence electrons. The number of benzene rings is 22. The van der Waals surface area contributed by atoms with Crippen LogP contribution in [0.15, 0.2) is 534 Å². The van der Waals surface area contributed by atoms with Gasteiger partial charge in [0.1, 0.15) is 0 Å². The summed E-state index contributed by atoms with van der Waals surface area (Å²) in [7, 11) is -9.19. The second-order valence-electron chi connectivity index (χ2n) is 38.2. The van der Waals surface area contributed by atoms with E-state index in [0.29, 0.717) is 0 Å². The molecule has 30 rings (SSSR count). The Morgan fingerprint density at radius 2 is 0.463 bits per heavy atom. The number of para-hydroxylation sites is 4. The SMILES string of the molecule is O=P1(c2ccccc2)c2ccccc2-c2c1ccc1c3ccccc3n(-c3ccc(-c4ccc(-c5ccc6ccccc6c5)cc4)cc3)c21.O=P1(c2ccccc2)c2ccccc2-c2c1ccc1c3ccccc3n(-c3ccc(-c4ccc(-c5ccc6cccnc6c5)cc4)cc3)c21.O=P1(c2ccccc2)c2ccccc2-c2c1ccc1c3ccccc3n(-c3ccc(-c4ccc(-c5cccc6cccnc56)cc4)cc3)c21. The number of nitrogens with zero attached hydrogens (tertiary/aromatic N) is 5. The molecule has 0 N–H and O–H groups in total. The lowest BCUT2D eigenvalue weighted by Gasteiger charge is -2.16. The number of fused-ring (bicyclic) bond motifs is 24. The van der Waals surface area contributed by atoms with E-state index in [1.165, 1.54) is 60.1 Å². The van der Waals surface area contributed by atoms with E-state index in [1.807, 2.05) is 134 Å². The van der Waals surface area contributed by atoms with E-state index in [1.54, 1.807) is 0 Å². The quantitative estimate of drug-likeness (QED) is 0.114. The Bertz CT molecular complexity index is 9780. The number of hydrogen-bond acceptors (Lipinski definition) is 5. The monoisotopic (exact) mass is 1930 g/mol. The van der Waals surface area contributed by atoms with Crippen molar-refractivity contribution in [3.63, 3.8) is 0 Å². The first-order valence-corrected chi connectivity index (χ1v) is 55.0. The molecule has 0 radical (unpaired) electrons. The predicted octanol–water partition coefficient (Wildman–Crippen LogP) is 31.5. The van der Waals surface area contributed by atoms with Crippen LogP contribution in [0.25, 0.3) is 215 Å². The molecule has 0 spiro atoms. The largest absolute Gasteiger partial charge is 0.309 e. The maximum atomic E-state index is 15.3. The molecule has 8 nitrogen and oxygen atoms in total. The summed E-state index contributed by atoms with van der Waals surface area (Å²) in [6.07, 6.45) is 3.70. The zero-order valence-corrected chi connectivity index (χ0v) is 82.3. The van der Waals surface area contributed by atoms with Crippen LogP contribution in [0.2, 0.25) is 0 Å². The van der Waals surface area contributed by atoms with E-state index in [4.69, 9.17) is 0 Å². The van der Waals surface area contributed by atoms with Crippen molar-refractivity contribution in [3.05, 3.63) is 534 Å². The molecule has 3 atom stereocenters. The van der Waals surface area contributed by atoms with Crippen molar-refractivity contribution in [2.45, 2.75) is 0 Å². The zero-order valence-electron chi connectivity index (χ0n) is 79.6. The van der Waals surface area contributed by atoms with Crippen LogP contribution in [0.4, 0.5) is 0 Å². The minimum absolute atomic E-state index is 0.871. The van der Waals surface area contributed by atoms with Gasteiger partial charge in [0.05, 0.1) is 44.1 Å². The van der Waals surface area contributed by atoms with Gasteiger partial charge in [-0.3, -0.25) is 9.97 Å². The summed E-state index contributed by atoms with van der Waals surface area (Å²) in [5, 5.41) is 19.9. The number of aromatic nitrogens is 5. The fourth-order valence-corrected chi connectivity index (χ4v) is 32.6. The van der Waals surface area contributed by atoms with Crippen molar-refractivity contribution >= 4 is 167 Å². The molecule has 0 saturated heterocycles. The summed E-state index contributed by atoms with van der Waals surface area (Å²) in [5.74, 6) is 0. The lowest BCUT2D eigenvalue weighted by atomic mass is 9.98. The summed E-state index contributed by atoms with van der Waals surface area (Å²) >= 11 is 0. The molecule has 8 heterocycles. The first-order chi connectivity index (χ1) is 72.6. The Hall–Kier alpha value is -18.0. The Labute approximate surface area is 849 Å². The van der Waals surface area contributed by atoms with Gasteiger partial charge in [0, 0.05) is 143 Å². The smallest absolute Gasteiger partial charge is 0.172 e. The number of rotatable bonds is 12. The van der Waals surface area contributed by atoms with Crippen LogP contribution in [0.1, 0.15) is 0 Å². The van der Waals surface area contributed by atoms with Crippen molar-refractivity contribution in [1.29, 1.82) is 0 Å². The average Bonchev–Trinajstić information content (AvgIpc) is 1.54. The predicted molar refractivity (Wildman–Crippen MR) is 618 cm³/mol. The third kappa shape index (κ3) is 13.9. The van der Waals surface area contributed by atoms with Crippen molar-refractivity contribution in [2.24, 2.45) is 0 Å². The van der Waals surface area contributed by atoms with Gasteiger partial charge in [0.25, 0.3) is 0 Å². The lowest BCUT2D eigenvalue weighted by molar-refractivity contribution is 0.592. The highest BCUT2D eigenvalue weighted by molar-refractivity contribution is 7.87. The van der Waals surface area contributed by atoms with Crippen LogP contribution in [0.5, 0.6) is 0 Å². The topological polar surface area (TPSA) is 91.8 Å². The third-order valence-electron chi connectivity index (χ3n) is 30.4. The maximum absolute atomic E-state index is 15.3. The van der Waals surface area contributed by atoms with Crippen molar-refractivity contribution in [3.8, 4) is 117 Å². The fourth-order valence-electron chi connectivity index (χ4n) is 23.5.